The molecule has 0 spiro atoms. The lowest BCUT2D eigenvalue weighted by molar-refractivity contribution is 1.13. The molecule has 0 saturated heterocycles. The molecule has 102 valence electrons. The predicted octanol–water partition coefficient (Wildman–Crippen LogP) is 2.96. The van der Waals surface area contributed by atoms with Crippen molar-refractivity contribution in [2.24, 2.45) is 0 Å². The van der Waals surface area contributed by atoms with E-state index in [-0.39, 0.29) is 0 Å². The molecule has 20 heavy (non-hydrogen) atoms. The number of nitrogen functional groups attached to an aromatic ring is 1. The maximum absolute atomic E-state index is 5.85. The molecule has 2 aromatic heterocycles. The lowest BCUT2D eigenvalue weighted by Crippen LogP contribution is -2.08. The SMILES string of the molecule is Cc1nc(-c2ccc(N(C)C)cc2)n2ccc(N)cc12. The van der Waals surface area contributed by atoms with Crippen molar-refractivity contribution in [2.45, 2.75) is 6.92 Å². The van der Waals surface area contributed by atoms with Crippen LogP contribution >= 0.6 is 0 Å². The first-order valence-electron chi connectivity index (χ1n) is 6.58. The molecule has 0 aliphatic heterocycles. The molecule has 0 saturated carbocycles. The summed E-state index contributed by atoms with van der Waals surface area (Å²) in [5.74, 6) is 0.947. The van der Waals surface area contributed by atoms with Crippen LogP contribution in [0.2, 0.25) is 0 Å². The smallest absolute Gasteiger partial charge is 0.144 e. The summed E-state index contributed by atoms with van der Waals surface area (Å²) < 4.78 is 2.08. The Hall–Kier alpha value is -2.49. The Morgan fingerprint density at radius 2 is 1.80 bits per heavy atom. The van der Waals surface area contributed by atoms with Gasteiger partial charge in [-0.3, -0.25) is 4.40 Å². The van der Waals surface area contributed by atoms with Gasteiger partial charge in [-0.25, -0.2) is 4.98 Å². The molecular weight excluding hydrogens is 248 g/mol. The van der Waals surface area contributed by atoms with Crippen LogP contribution in [0.1, 0.15) is 5.69 Å². The van der Waals surface area contributed by atoms with Crippen LogP contribution in [-0.2, 0) is 0 Å². The summed E-state index contributed by atoms with van der Waals surface area (Å²) in [4.78, 5) is 6.75. The molecule has 4 heteroatoms. The van der Waals surface area contributed by atoms with Crippen molar-refractivity contribution >= 4 is 16.9 Å². The molecule has 0 amide bonds. The van der Waals surface area contributed by atoms with Crippen molar-refractivity contribution in [1.29, 1.82) is 0 Å². The Morgan fingerprint density at radius 1 is 1.10 bits per heavy atom. The molecule has 0 aliphatic rings. The summed E-state index contributed by atoms with van der Waals surface area (Å²) in [5, 5.41) is 0. The minimum Gasteiger partial charge on any atom is -0.399 e. The molecule has 2 heterocycles. The summed E-state index contributed by atoms with van der Waals surface area (Å²) in [6, 6.07) is 12.2. The highest BCUT2D eigenvalue weighted by Gasteiger charge is 2.10. The van der Waals surface area contributed by atoms with Gasteiger partial charge < -0.3 is 10.6 Å². The number of aryl methyl sites for hydroxylation is 1. The van der Waals surface area contributed by atoms with E-state index in [4.69, 9.17) is 5.73 Å². The Kier molecular flexibility index (Phi) is 2.86. The first-order valence-corrected chi connectivity index (χ1v) is 6.58. The Bertz CT molecular complexity index is 754. The highest BCUT2D eigenvalue weighted by atomic mass is 15.1. The third-order valence-electron chi connectivity index (χ3n) is 3.49. The molecule has 0 atom stereocenters. The van der Waals surface area contributed by atoms with Gasteiger partial charge in [-0.05, 0) is 43.3 Å². The van der Waals surface area contributed by atoms with Crippen molar-refractivity contribution in [3.63, 3.8) is 0 Å². The van der Waals surface area contributed by atoms with E-state index in [9.17, 15) is 0 Å². The molecule has 4 nitrogen and oxygen atoms in total. The number of pyridine rings is 1. The Balaban J connectivity index is 2.14. The lowest BCUT2D eigenvalue weighted by Gasteiger charge is -2.12. The van der Waals surface area contributed by atoms with E-state index in [1.165, 1.54) is 5.69 Å². The van der Waals surface area contributed by atoms with Gasteiger partial charge >= 0.3 is 0 Å². The van der Waals surface area contributed by atoms with Crippen LogP contribution in [0.3, 0.4) is 0 Å². The van der Waals surface area contributed by atoms with Crippen LogP contribution in [0, 0.1) is 6.92 Å². The topological polar surface area (TPSA) is 46.6 Å². The first-order chi connectivity index (χ1) is 9.56. The van der Waals surface area contributed by atoms with E-state index in [0.29, 0.717) is 0 Å². The highest BCUT2D eigenvalue weighted by molar-refractivity contribution is 5.69. The standard InChI is InChI=1S/C16H18N4/c1-11-15-10-13(17)8-9-20(15)16(18-11)12-4-6-14(7-5-12)19(2)3/h4-10H,17H2,1-3H3. The molecule has 3 rings (SSSR count). The van der Waals surface area contributed by atoms with E-state index < -0.39 is 0 Å². The van der Waals surface area contributed by atoms with Crippen molar-refractivity contribution < 1.29 is 0 Å². The maximum Gasteiger partial charge on any atom is 0.144 e. The fraction of sp³-hybridized carbons (Fsp3) is 0.188. The molecule has 0 radical (unpaired) electrons. The van der Waals surface area contributed by atoms with Gasteiger partial charge in [-0.1, -0.05) is 0 Å². The van der Waals surface area contributed by atoms with Gasteiger partial charge in [0.25, 0.3) is 0 Å². The van der Waals surface area contributed by atoms with Gasteiger partial charge in [-0.2, -0.15) is 0 Å². The Morgan fingerprint density at radius 3 is 2.45 bits per heavy atom. The van der Waals surface area contributed by atoms with E-state index >= 15 is 0 Å². The number of aromatic nitrogens is 2. The van der Waals surface area contributed by atoms with Crippen LogP contribution in [0.4, 0.5) is 11.4 Å². The van der Waals surface area contributed by atoms with Crippen molar-refractivity contribution in [3.05, 3.63) is 48.3 Å². The lowest BCUT2D eigenvalue weighted by atomic mass is 10.2. The summed E-state index contributed by atoms with van der Waals surface area (Å²) in [7, 11) is 4.07. The van der Waals surface area contributed by atoms with E-state index in [2.05, 4.69) is 38.6 Å². The predicted molar refractivity (Wildman–Crippen MR) is 84.1 cm³/mol. The second-order valence-corrected chi connectivity index (χ2v) is 5.18. The van der Waals surface area contributed by atoms with Gasteiger partial charge in [0.05, 0.1) is 11.2 Å². The fourth-order valence-electron chi connectivity index (χ4n) is 2.36. The van der Waals surface area contributed by atoms with Crippen LogP contribution in [0.5, 0.6) is 0 Å². The monoisotopic (exact) mass is 266 g/mol. The number of benzene rings is 1. The first kappa shape index (κ1) is 12.5. The number of imidazole rings is 1. The second-order valence-electron chi connectivity index (χ2n) is 5.18. The number of nitrogens with zero attached hydrogens (tertiary/aromatic N) is 3. The van der Waals surface area contributed by atoms with Crippen LogP contribution in [0.25, 0.3) is 16.9 Å². The average molecular weight is 266 g/mol. The zero-order valence-corrected chi connectivity index (χ0v) is 12.0. The fourth-order valence-corrected chi connectivity index (χ4v) is 2.36. The quantitative estimate of drug-likeness (QED) is 0.775. The third kappa shape index (κ3) is 1.99. The molecule has 0 unspecified atom stereocenters. The van der Waals surface area contributed by atoms with E-state index in [1.807, 2.05) is 39.3 Å². The largest absolute Gasteiger partial charge is 0.399 e. The minimum absolute atomic E-state index is 0.759. The van der Waals surface area contributed by atoms with Gasteiger partial charge in [0.1, 0.15) is 5.82 Å². The number of rotatable bonds is 2. The molecular formula is C16H18N4. The van der Waals surface area contributed by atoms with Gasteiger partial charge in [-0.15, -0.1) is 0 Å². The number of hydrogen-bond acceptors (Lipinski definition) is 3. The van der Waals surface area contributed by atoms with E-state index in [0.717, 1.165) is 28.3 Å². The normalized spacial score (nSPS) is 10.9. The number of fused-ring (bicyclic) bond motifs is 1. The van der Waals surface area contributed by atoms with Crippen LogP contribution < -0.4 is 10.6 Å². The van der Waals surface area contributed by atoms with Crippen molar-refractivity contribution in [3.8, 4) is 11.4 Å². The van der Waals surface area contributed by atoms with Crippen LogP contribution in [0.15, 0.2) is 42.6 Å². The number of nitrogens with two attached hydrogens (primary N) is 1. The Labute approximate surface area is 118 Å². The van der Waals surface area contributed by atoms with Gasteiger partial charge in [0, 0.05) is 37.2 Å². The third-order valence-corrected chi connectivity index (χ3v) is 3.49. The van der Waals surface area contributed by atoms with Crippen molar-refractivity contribution in [1.82, 2.24) is 9.38 Å². The van der Waals surface area contributed by atoms with Gasteiger partial charge in [0.15, 0.2) is 0 Å². The zero-order valence-electron chi connectivity index (χ0n) is 12.0. The number of hydrogen-bond donors (Lipinski definition) is 1. The molecule has 1 aromatic carbocycles. The number of anilines is 2. The summed E-state index contributed by atoms with van der Waals surface area (Å²) in [6.45, 7) is 2.01. The molecule has 0 fully saturated rings. The average Bonchev–Trinajstić information content (AvgIpc) is 2.76. The van der Waals surface area contributed by atoms with Crippen LogP contribution in [-0.4, -0.2) is 23.5 Å². The molecule has 0 bridgehead atoms. The molecule has 3 aromatic rings. The second kappa shape index (κ2) is 4.56. The summed E-state index contributed by atoms with van der Waals surface area (Å²) >= 11 is 0. The summed E-state index contributed by atoms with van der Waals surface area (Å²) in [6.07, 6.45) is 1.97. The molecule has 2 N–H and O–H groups in total. The highest BCUT2D eigenvalue weighted by Crippen LogP contribution is 2.25. The summed E-state index contributed by atoms with van der Waals surface area (Å²) in [5.41, 5.74) is 10.9. The minimum atomic E-state index is 0.759. The molecule has 0 aliphatic carbocycles. The van der Waals surface area contributed by atoms with Crippen molar-refractivity contribution in [2.75, 3.05) is 24.7 Å². The van der Waals surface area contributed by atoms with E-state index in [1.54, 1.807) is 0 Å². The van der Waals surface area contributed by atoms with Gasteiger partial charge in [0.2, 0.25) is 0 Å². The maximum atomic E-state index is 5.85. The zero-order chi connectivity index (χ0) is 14.3.